The normalized spacial score (nSPS) is 11.7. The number of rotatable bonds is 6. The first-order chi connectivity index (χ1) is 11.0. The number of carbonyl (C=O) groups is 2. The Balaban J connectivity index is 2.04. The standard InChI is InChI=1S/C17H15Br2NO3/c18-13-8-12(9-14(19)10-13)16(21)20-15(17(22)23)7-6-11-4-2-1-3-5-11/h1-5,8-10,15H,6-7H2,(H,20,21)(H,22,23)/t15-/m0/s1. The zero-order valence-electron chi connectivity index (χ0n) is 12.1. The van der Waals surface area contributed by atoms with Crippen LogP contribution in [0.2, 0.25) is 0 Å². The van der Waals surface area contributed by atoms with Gasteiger partial charge in [-0.25, -0.2) is 4.79 Å². The number of carbonyl (C=O) groups excluding carboxylic acids is 1. The number of nitrogens with one attached hydrogen (secondary N) is 1. The molecule has 0 spiro atoms. The largest absolute Gasteiger partial charge is 0.480 e. The maximum absolute atomic E-state index is 12.3. The van der Waals surface area contributed by atoms with Crippen LogP contribution in [0, 0.1) is 0 Å². The molecule has 120 valence electrons. The van der Waals surface area contributed by atoms with E-state index in [1.54, 1.807) is 18.2 Å². The first-order valence-electron chi connectivity index (χ1n) is 6.99. The van der Waals surface area contributed by atoms with Gasteiger partial charge in [-0.15, -0.1) is 0 Å². The zero-order valence-corrected chi connectivity index (χ0v) is 15.3. The van der Waals surface area contributed by atoms with E-state index in [2.05, 4.69) is 37.2 Å². The van der Waals surface area contributed by atoms with Gasteiger partial charge in [0.05, 0.1) is 0 Å². The Kier molecular flexibility index (Phi) is 6.36. The predicted molar refractivity (Wildman–Crippen MR) is 95.5 cm³/mol. The van der Waals surface area contributed by atoms with E-state index in [1.807, 2.05) is 30.3 Å². The minimum atomic E-state index is -1.04. The quantitative estimate of drug-likeness (QED) is 0.712. The Hall–Kier alpha value is -1.66. The SMILES string of the molecule is O=C(N[C@@H](CCc1ccccc1)C(=O)O)c1cc(Br)cc(Br)c1. The highest BCUT2D eigenvalue weighted by molar-refractivity contribution is 9.11. The molecule has 0 aliphatic rings. The first kappa shape index (κ1) is 17.7. The fraction of sp³-hybridized carbons (Fsp3) is 0.176. The number of aliphatic carboxylic acids is 1. The van der Waals surface area contributed by atoms with Gasteiger partial charge in [-0.05, 0) is 36.6 Å². The first-order valence-corrected chi connectivity index (χ1v) is 8.58. The Bertz CT molecular complexity index is 684. The average Bonchev–Trinajstić information content (AvgIpc) is 2.51. The Morgan fingerprint density at radius 3 is 2.22 bits per heavy atom. The minimum absolute atomic E-state index is 0.334. The summed E-state index contributed by atoms with van der Waals surface area (Å²) in [5, 5.41) is 11.9. The van der Waals surface area contributed by atoms with Crippen molar-refractivity contribution in [1.29, 1.82) is 0 Å². The second-order valence-electron chi connectivity index (χ2n) is 5.05. The summed E-state index contributed by atoms with van der Waals surface area (Å²) in [7, 11) is 0. The molecule has 0 heterocycles. The van der Waals surface area contributed by atoms with Gasteiger partial charge in [0.25, 0.3) is 5.91 Å². The van der Waals surface area contributed by atoms with Crippen molar-refractivity contribution in [1.82, 2.24) is 5.32 Å². The molecule has 2 N–H and O–H groups in total. The molecule has 0 aliphatic heterocycles. The van der Waals surface area contributed by atoms with Gasteiger partial charge in [0.1, 0.15) is 6.04 Å². The monoisotopic (exact) mass is 439 g/mol. The number of halogens is 2. The van der Waals surface area contributed by atoms with E-state index >= 15 is 0 Å². The third kappa shape index (κ3) is 5.48. The van der Waals surface area contributed by atoms with Crippen molar-refractivity contribution in [2.24, 2.45) is 0 Å². The van der Waals surface area contributed by atoms with Crippen LogP contribution in [0.4, 0.5) is 0 Å². The van der Waals surface area contributed by atoms with Crippen LogP contribution in [0.25, 0.3) is 0 Å². The lowest BCUT2D eigenvalue weighted by atomic mass is 10.0. The van der Waals surface area contributed by atoms with Crippen LogP contribution in [0.1, 0.15) is 22.3 Å². The summed E-state index contributed by atoms with van der Waals surface area (Å²) in [5.41, 5.74) is 1.44. The van der Waals surface area contributed by atoms with Crippen LogP contribution >= 0.6 is 31.9 Å². The number of amides is 1. The van der Waals surface area contributed by atoms with Crippen molar-refractivity contribution >= 4 is 43.7 Å². The molecule has 2 aromatic carbocycles. The molecule has 0 saturated carbocycles. The molecule has 0 aliphatic carbocycles. The van der Waals surface area contributed by atoms with Crippen LogP contribution in [-0.2, 0) is 11.2 Å². The number of hydrogen-bond donors (Lipinski definition) is 2. The molecule has 23 heavy (non-hydrogen) atoms. The average molecular weight is 441 g/mol. The van der Waals surface area contributed by atoms with Gasteiger partial charge in [-0.1, -0.05) is 62.2 Å². The van der Waals surface area contributed by atoms with Crippen molar-refractivity contribution in [2.45, 2.75) is 18.9 Å². The molecular formula is C17H15Br2NO3. The minimum Gasteiger partial charge on any atom is -0.480 e. The summed E-state index contributed by atoms with van der Waals surface area (Å²) in [5.74, 6) is -1.45. The van der Waals surface area contributed by atoms with E-state index in [-0.39, 0.29) is 0 Å². The second kappa shape index (κ2) is 8.26. The summed E-state index contributed by atoms with van der Waals surface area (Å²) in [6.07, 6.45) is 0.917. The molecule has 0 aromatic heterocycles. The highest BCUT2D eigenvalue weighted by Gasteiger charge is 2.20. The summed E-state index contributed by atoms with van der Waals surface area (Å²) in [4.78, 5) is 23.6. The molecule has 1 amide bonds. The summed E-state index contributed by atoms with van der Waals surface area (Å²) in [6.45, 7) is 0. The van der Waals surface area contributed by atoms with E-state index in [4.69, 9.17) is 0 Å². The number of carboxylic acids is 1. The lowest BCUT2D eigenvalue weighted by Gasteiger charge is -2.15. The summed E-state index contributed by atoms with van der Waals surface area (Å²) < 4.78 is 1.49. The van der Waals surface area contributed by atoms with Crippen LogP contribution in [0.5, 0.6) is 0 Å². The predicted octanol–water partition coefficient (Wildman–Crippen LogP) is 4.03. The maximum atomic E-state index is 12.3. The smallest absolute Gasteiger partial charge is 0.326 e. The molecule has 0 saturated heterocycles. The van der Waals surface area contributed by atoms with Gasteiger partial charge in [0.2, 0.25) is 0 Å². The Morgan fingerprint density at radius 1 is 1.04 bits per heavy atom. The molecular weight excluding hydrogens is 426 g/mol. The van der Waals surface area contributed by atoms with Gasteiger partial charge < -0.3 is 10.4 Å². The topological polar surface area (TPSA) is 66.4 Å². The van der Waals surface area contributed by atoms with E-state index in [9.17, 15) is 14.7 Å². The Morgan fingerprint density at radius 2 is 1.65 bits per heavy atom. The van der Waals surface area contributed by atoms with Crippen molar-refractivity contribution in [3.05, 3.63) is 68.6 Å². The lowest BCUT2D eigenvalue weighted by molar-refractivity contribution is -0.139. The molecule has 2 rings (SSSR count). The Labute approximate surface area is 151 Å². The van der Waals surface area contributed by atoms with Crippen molar-refractivity contribution in [3.63, 3.8) is 0 Å². The number of aryl methyl sites for hydroxylation is 1. The summed E-state index contributed by atoms with van der Waals surface area (Å²) in [6, 6.07) is 13.8. The fourth-order valence-electron chi connectivity index (χ4n) is 2.14. The molecule has 0 unspecified atom stereocenters. The number of carboxylic acid groups (broad SMARTS) is 1. The summed E-state index contributed by atoms with van der Waals surface area (Å²) >= 11 is 6.62. The van der Waals surface area contributed by atoms with Crippen molar-refractivity contribution in [3.8, 4) is 0 Å². The number of benzene rings is 2. The lowest BCUT2D eigenvalue weighted by Crippen LogP contribution is -2.41. The van der Waals surface area contributed by atoms with E-state index in [1.165, 1.54) is 0 Å². The van der Waals surface area contributed by atoms with Crippen LogP contribution < -0.4 is 5.32 Å². The van der Waals surface area contributed by atoms with Crippen LogP contribution in [0.3, 0.4) is 0 Å². The highest BCUT2D eigenvalue weighted by Crippen LogP contribution is 2.20. The molecule has 0 bridgehead atoms. The van der Waals surface area contributed by atoms with Gasteiger partial charge >= 0.3 is 5.97 Å². The number of hydrogen-bond acceptors (Lipinski definition) is 2. The molecule has 0 radical (unpaired) electrons. The highest BCUT2D eigenvalue weighted by atomic mass is 79.9. The third-order valence-electron chi connectivity index (χ3n) is 3.29. The van der Waals surface area contributed by atoms with Crippen molar-refractivity contribution < 1.29 is 14.7 Å². The third-order valence-corrected chi connectivity index (χ3v) is 4.21. The van der Waals surface area contributed by atoms with Crippen LogP contribution in [0.15, 0.2) is 57.5 Å². The van der Waals surface area contributed by atoms with Gasteiger partial charge in [-0.3, -0.25) is 4.79 Å². The second-order valence-corrected chi connectivity index (χ2v) is 6.88. The van der Waals surface area contributed by atoms with E-state index in [0.717, 1.165) is 14.5 Å². The molecule has 1 atom stereocenters. The molecule has 2 aromatic rings. The van der Waals surface area contributed by atoms with E-state index in [0.29, 0.717) is 18.4 Å². The molecule has 0 fully saturated rings. The molecule has 6 heteroatoms. The van der Waals surface area contributed by atoms with Gasteiger partial charge in [0.15, 0.2) is 0 Å². The fourth-order valence-corrected chi connectivity index (χ4v) is 3.43. The van der Waals surface area contributed by atoms with Gasteiger partial charge in [0, 0.05) is 14.5 Å². The molecule has 4 nitrogen and oxygen atoms in total. The maximum Gasteiger partial charge on any atom is 0.326 e. The van der Waals surface area contributed by atoms with E-state index < -0.39 is 17.9 Å². The van der Waals surface area contributed by atoms with Gasteiger partial charge in [-0.2, -0.15) is 0 Å². The van der Waals surface area contributed by atoms with Crippen molar-refractivity contribution in [2.75, 3.05) is 0 Å². The van der Waals surface area contributed by atoms with Crippen LogP contribution in [-0.4, -0.2) is 23.0 Å². The zero-order chi connectivity index (χ0) is 16.8.